The van der Waals surface area contributed by atoms with Crippen molar-refractivity contribution in [2.45, 2.75) is 55.2 Å². The quantitative estimate of drug-likeness (QED) is 0.0447. The minimum absolute atomic E-state index is 0.705. The molecule has 2 fully saturated rings. The van der Waals surface area contributed by atoms with E-state index in [1.54, 1.807) is 0 Å². The summed E-state index contributed by atoms with van der Waals surface area (Å²) in [7, 11) is -11.3. The van der Waals surface area contributed by atoms with Gasteiger partial charge in [0.25, 0.3) is 5.56 Å². The summed E-state index contributed by atoms with van der Waals surface area (Å²) in [6, 6.07) is -0.958. The molecule has 0 spiro atoms. The smallest absolute Gasteiger partial charge is 0.394 e. The summed E-state index contributed by atoms with van der Waals surface area (Å²) in [5.41, 5.74) is 6.54. The summed E-state index contributed by atoms with van der Waals surface area (Å²) >= 11 is 0. The lowest BCUT2D eigenvalue weighted by atomic mass is 9.97. The average Bonchev–Trinajstić information content (AvgIpc) is 3.18. The number of carbonyl (C=O) groups is 1. The molecule has 1 amide bonds. The number of rotatable bonds is 12. The highest BCUT2D eigenvalue weighted by atomic mass is 31.3. The Morgan fingerprint density at radius 2 is 1.76 bits per heavy atom. The molecule has 0 aliphatic carbocycles. The van der Waals surface area contributed by atoms with Gasteiger partial charge in [-0.2, -0.15) is 4.31 Å². The predicted molar refractivity (Wildman–Crippen MR) is 129 cm³/mol. The number of ether oxygens (including phenoxy) is 2. The number of carbonyl (C=O) groups excluding carboxylic acids is 1. The Labute approximate surface area is 232 Å². The maximum absolute atomic E-state index is 12.5. The van der Waals surface area contributed by atoms with Gasteiger partial charge < -0.3 is 50.1 Å². The van der Waals surface area contributed by atoms with Crippen LogP contribution in [0.4, 0.5) is 0 Å². The van der Waals surface area contributed by atoms with Gasteiger partial charge in [-0.05, 0) is 5.53 Å². The molecular formula is C17H26N6O17P2. The van der Waals surface area contributed by atoms with E-state index in [-0.39, 0.29) is 0 Å². The average molecular weight is 648 g/mol. The van der Waals surface area contributed by atoms with Gasteiger partial charge in [0.05, 0.1) is 13.2 Å². The molecule has 0 bridgehead atoms. The fourth-order valence-electron chi connectivity index (χ4n) is 3.85. The third-order valence-corrected chi connectivity index (χ3v) is 8.39. The van der Waals surface area contributed by atoms with Gasteiger partial charge in [-0.15, -0.1) is 0 Å². The van der Waals surface area contributed by atoms with Crippen LogP contribution in [0.25, 0.3) is 10.4 Å². The van der Waals surface area contributed by atoms with Crippen LogP contribution in [-0.4, -0.2) is 119 Å². The molecular weight excluding hydrogens is 622 g/mol. The number of amides is 1. The van der Waals surface area contributed by atoms with Crippen molar-refractivity contribution in [1.82, 2.24) is 14.9 Å². The third kappa shape index (κ3) is 8.29. The number of phosphoric acid groups is 2. The van der Waals surface area contributed by atoms with Gasteiger partial charge in [-0.1, -0.05) is 5.11 Å². The summed E-state index contributed by atoms with van der Waals surface area (Å²) in [5, 5.41) is 55.1. The van der Waals surface area contributed by atoms with E-state index in [2.05, 4.69) is 23.4 Å². The first kappa shape index (κ1) is 33.9. The monoisotopic (exact) mass is 648 g/mol. The van der Waals surface area contributed by atoms with Crippen LogP contribution in [-0.2, 0) is 36.8 Å². The topological polar surface area (TPSA) is 355 Å². The highest BCUT2D eigenvalue weighted by Gasteiger charge is 2.50. The van der Waals surface area contributed by atoms with E-state index in [0.717, 1.165) is 12.3 Å². The molecule has 2 saturated heterocycles. The van der Waals surface area contributed by atoms with Crippen molar-refractivity contribution in [1.29, 1.82) is 0 Å². The van der Waals surface area contributed by atoms with Gasteiger partial charge in [0.2, 0.25) is 5.91 Å². The molecule has 0 radical (unpaired) electrons. The summed E-state index contributed by atoms with van der Waals surface area (Å²) in [4.78, 5) is 59.4. The Morgan fingerprint density at radius 1 is 1.10 bits per heavy atom. The normalized spacial score (nSPS) is 34.1. The first-order valence-electron chi connectivity index (χ1n) is 11.5. The van der Waals surface area contributed by atoms with Crippen molar-refractivity contribution in [3.05, 3.63) is 43.5 Å². The lowest BCUT2D eigenvalue weighted by Gasteiger charge is -2.42. The molecule has 25 heteroatoms. The van der Waals surface area contributed by atoms with Crippen LogP contribution in [0.5, 0.6) is 0 Å². The maximum atomic E-state index is 12.5. The fraction of sp³-hybridized carbons (Fsp3) is 0.706. The minimum Gasteiger partial charge on any atom is -0.394 e. The molecule has 0 saturated carbocycles. The number of nitrogens with zero attached hydrogens (tertiary/aromatic N) is 4. The first-order valence-corrected chi connectivity index (χ1v) is 14.5. The lowest BCUT2D eigenvalue weighted by molar-refractivity contribution is -0.247. The van der Waals surface area contributed by atoms with Gasteiger partial charge in [0, 0.05) is 17.2 Å². The number of aliphatic hydroxyl groups excluding tert-OH is 5. The van der Waals surface area contributed by atoms with Crippen molar-refractivity contribution in [3.8, 4) is 0 Å². The molecule has 2 aliphatic rings. The summed E-state index contributed by atoms with van der Waals surface area (Å²) in [5.74, 6) is -1.08. The van der Waals surface area contributed by atoms with Crippen LogP contribution in [0.1, 0.15) is 6.23 Å². The number of azide groups is 1. The van der Waals surface area contributed by atoms with Crippen LogP contribution in [0, 0.1) is 0 Å². The third-order valence-electron chi connectivity index (χ3n) is 5.79. The van der Waals surface area contributed by atoms with Crippen LogP contribution in [0.3, 0.4) is 0 Å². The molecule has 3 rings (SSSR count). The molecule has 1 aromatic rings. The molecule has 1 aromatic heterocycles. The fourth-order valence-corrected chi connectivity index (χ4v) is 6.01. The number of phosphoric ester groups is 2. The minimum atomic E-state index is -5.73. The van der Waals surface area contributed by atoms with E-state index in [9.17, 15) is 58.8 Å². The van der Waals surface area contributed by atoms with E-state index in [1.807, 2.05) is 10.3 Å². The molecule has 5 unspecified atom stereocenters. The van der Waals surface area contributed by atoms with Crippen LogP contribution in [0.15, 0.2) is 27.0 Å². The van der Waals surface area contributed by atoms with E-state index < -0.39 is 108 Å². The van der Waals surface area contributed by atoms with E-state index >= 15 is 0 Å². The van der Waals surface area contributed by atoms with Crippen LogP contribution >= 0.6 is 15.6 Å². The standard InChI is InChI=1S/C17H26N6O17P2/c18-22-19-3-9(26)20-10-13(29)11(27)6(4-24)38-16(10)39-42(34,35)40-41(32,33)36-5-7-12(28)14(30)15(37-7)23-2-1-8(25)21-17(23)31/h1-2,6-7,10-16,24,27-30H,3-5H2,(H,20,26)(H,32,33)(H,34,35)(H,21,25,31)/t6?,7-,10?,11+,12+,13-,14?,15-,16+/m1/s1. The SMILES string of the molecule is [N-]=[N+]=NCC(=O)NC1[C@H](OP(=O)(O)OP(=O)(O)OC[C@H]2O[C@@H](n3ccc(=O)[nH]c3=O)C(O)[C@H]2O)OC(CO)[C@H](O)[C@@H]1O. The van der Waals surface area contributed by atoms with E-state index in [1.165, 1.54) is 0 Å². The number of aromatic nitrogens is 2. The number of H-pyrrole nitrogens is 1. The molecule has 23 nitrogen and oxygen atoms in total. The van der Waals surface area contributed by atoms with Gasteiger partial charge in [0.1, 0.15) is 49.2 Å². The number of hydrogen-bond acceptors (Lipinski definition) is 16. The Morgan fingerprint density at radius 3 is 2.38 bits per heavy atom. The molecule has 3 heterocycles. The molecule has 2 aliphatic heterocycles. The second-order valence-electron chi connectivity index (χ2n) is 8.67. The summed E-state index contributed by atoms with van der Waals surface area (Å²) < 4.78 is 49.3. The lowest BCUT2D eigenvalue weighted by Crippen LogP contribution is -2.64. The maximum Gasteiger partial charge on any atom is 0.483 e. The first-order chi connectivity index (χ1) is 19.6. The Kier molecular flexibility index (Phi) is 11.2. The van der Waals surface area contributed by atoms with Crippen LogP contribution < -0.4 is 16.6 Å². The van der Waals surface area contributed by atoms with Crippen LogP contribution in [0.2, 0.25) is 0 Å². The summed E-state index contributed by atoms with van der Waals surface area (Å²) in [6.45, 7) is -2.85. The predicted octanol–water partition coefficient (Wildman–Crippen LogP) is -4.36. The van der Waals surface area contributed by atoms with Crippen molar-refractivity contribution in [2.24, 2.45) is 5.11 Å². The van der Waals surface area contributed by atoms with E-state index in [4.69, 9.17) is 15.0 Å². The second-order valence-corrected chi connectivity index (χ2v) is 11.7. The molecule has 0 aromatic carbocycles. The zero-order chi connectivity index (χ0) is 31.4. The Hall–Kier alpha value is -2.56. The Bertz CT molecular complexity index is 1380. The number of hydrogen-bond donors (Lipinski definition) is 9. The number of aromatic amines is 1. The highest BCUT2D eigenvalue weighted by Crippen LogP contribution is 2.61. The molecule has 42 heavy (non-hydrogen) atoms. The summed E-state index contributed by atoms with van der Waals surface area (Å²) in [6.07, 6.45) is -13.6. The molecule has 11 atom stereocenters. The number of nitrogens with one attached hydrogen (secondary N) is 2. The van der Waals surface area contributed by atoms with Gasteiger partial charge in [0.15, 0.2) is 12.5 Å². The highest BCUT2D eigenvalue weighted by molar-refractivity contribution is 7.61. The zero-order valence-electron chi connectivity index (χ0n) is 20.9. The molecule has 236 valence electrons. The van der Waals surface area contributed by atoms with Gasteiger partial charge >= 0.3 is 21.3 Å². The zero-order valence-corrected chi connectivity index (χ0v) is 22.7. The Balaban J connectivity index is 1.67. The van der Waals surface area contributed by atoms with Crippen molar-refractivity contribution < 1.29 is 72.1 Å². The molecule has 9 N–H and O–H groups in total. The number of aliphatic hydroxyl groups is 5. The second kappa shape index (κ2) is 13.8. The van der Waals surface area contributed by atoms with Crippen molar-refractivity contribution in [3.63, 3.8) is 0 Å². The largest absolute Gasteiger partial charge is 0.483 e. The van der Waals surface area contributed by atoms with Crippen molar-refractivity contribution >= 4 is 21.6 Å². The van der Waals surface area contributed by atoms with Crippen molar-refractivity contribution in [2.75, 3.05) is 19.8 Å². The van der Waals surface area contributed by atoms with Gasteiger partial charge in [-0.3, -0.25) is 28.2 Å². The van der Waals surface area contributed by atoms with E-state index in [0.29, 0.717) is 4.57 Å². The van der Waals surface area contributed by atoms with Gasteiger partial charge in [-0.25, -0.2) is 13.9 Å².